The van der Waals surface area contributed by atoms with E-state index in [2.05, 4.69) is 10.3 Å². The van der Waals surface area contributed by atoms with E-state index in [0.717, 1.165) is 12.1 Å². The van der Waals surface area contributed by atoms with Crippen LogP contribution in [0.1, 0.15) is 0 Å². The van der Waals surface area contributed by atoms with Crippen molar-refractivity contribution in [2.75, 3.05) is 5.32 Å². The molecule has 10 heteroatoms. The quantitative estimate of drug-likeness (QED) is 0.430. The van der Waals surface area contributed by atoms with Gasteiger partial charge in [-0.05, 0) is 24.3 Å². The smallest absolute Gasteiger partial charge is 0.447 e. The summed E-state index contributed by atoms with van der Waals surface area (Å²) in [4.78, 5) is 1.76. The lowest BCUT2D eigenvalue weighted by Gasteiger charge is -1.99. The Morgan fingerprint density at radius 3 is 2.52 bits per heavy atom. The second kappa shape index (κ2) is 6.84. The Kier molecular flexibility index (Phi) is 5.06. The van der Waals surface area contributed by atoms with Crippen molar-refractivity contribution in [1.29, 1.82) is 0 Å². The van der Waals surface area contributed by atoms with Crippen LogP contribution < -0.4 is 10.3 Å². The van der Waals surface area contributed by atoms with Crippen LogP contribution in [0.25, 0.3) is 0 Å². The van der Waals surface area contributed by atoms with Crippen LogP contribution in [0, 0.1) is 0 Å². The minimum Gasteiger partial charge on any atom is -0.447 e. The Balaban J connectivity index is 2.24. The van der Waals surface area contributed by atoms with Crippen molar-refractivity contribution in [1.82, 2.24) is 0 Å². The Morgan fingerprint density at radius 1 is 1.17 bits per heavy atom. The van der Waals surface area contributed by atoms with Crippen molar-refractivity contribution >= 4 is 38.8 Å². The third kappa shape index (κ3) is 4.83. The zero-order chi connectivity index (χ0) is 17.0. The summed E-state index contributed by atoms with van der Waals surface area (Å²) in [7, 11) is -4.86. The largest absolute Gasteiger partial charge is 0.449 e. The van der Waals surface area contributed by atoms with E-state index in [-0.39, 0.29) is 16.3 Å². The Morgan fingerprint density at radius 2 is 1.87 bits per heavy atom. The minimum atomic E-state index is -4.86. The molecule has 6 nitrogen and oxygen atoms in total. The van der Waals surface area contributed by atoms with Crippen LogP contribution in [0.2, 0.25) is 0 Å². The van der Waals surface area contributed by atoms with Crippen LogP contribution >= 0.6 is 0 Å². The van der Waals surface area contributed by atoms with Crippen molar-refractivity contribution in [3.05, 3.63) is 48.5 Å². The molecule has 0 spiro atoms. The van der Waals surface area contributed by atoms with Crippen LogP contribution in [-0.4, -0.2) is 23.8 Å². The van der Waals surface area contributed by atoms with Crippen LogP contribution in [0.15, 0.2) is 58.3 Å². The van der Waals surface area contributed by atoms with Gasteiger partial charge in [0.1, 0.15) is 16.3 Å². The zero-order valence-electron chi connectivity index (χ0n) is 11.4. The fourth-order valence-corrected chi connectivity index (χ4v) is 2.62. The van der Waals surface area contributed by atoms with Gasteiger partial charge in [-0.1, -0.05) is 12.1 Å². The van der Waals surface area contributed by atoms with Gasteiger partial charge in [0.2, 0.25) is 11.2 Å². The first-order valence-corrected chi connectivity index (χ1v) is 8.52. The highest BCUT2D eigenvalue weighted by molar-refractivity contribution is 7.86. The van der Waals surface area contributed by atoms with E-state index < -0.39 is 32.3 Å². The number of aliphatic hydroxyl groups excluding tert-OH is 1. The summed E-state index contributed by atoms with van der Waals surface area (Å²) >= 11 is -2.66. The fourth-order valence-electron chi connectivity index (χ4n) is 1.70. The molecule has 1 atom stereocenters. The second-order valence-electron chi connectivity index (χ2n) is 4.32. The van der Waals surface area contributed by atoms with E-state index in [1.165, 1.54) is 36.4 Å². The third-order valence-electron chi connectivity index (χ3n) is 2.66. The molecule has 0 aliphatic rings. The lowest BCUT2D eigenvalue weighted by Crippen LogP contribution is -2.68. The molecule has 2 rings (SSSR count). The van der Waals surface area contributed by atoms with Crippen LogP contribution in [0.4, 0.5) is 19.1 Å². The number of nitrogens with one attached hydrogen (secondary N) is 2. The van der Waals surface area contributed by atoms with E-state index in [4.69, 9.17) is 0 Å². The van der Waals surface area contributed by atoms with Crippen LogP contribution in [0.5, 0.6) is 0 Å². The fraction of sp³-hybridized carbons (Fsp3) is 0. The minimum absolute atomic E-state index is 0.0895. The Hall–Kier alpha value is -2.33. The molecule has 0 heterocycles. The molecule has 2 aromatic carbocycles. The predicted octanol–water partition coefficient (Wildman–Crippen LogP) is 1.08. The summed E-state index contributed by atoms with van der Waals surface area (Å²) in [5.41, 5.74) is 0.353. The number of halogens is 2. The number of benzene rings is 2. The molecule has 0 saturated heterocycles. The van der Waals surface area contributed by atoms with E-state index in [1.54, 1.807) is 0 Å². The first-order chi connectivity index (χ1) is 10.8. The topological polar surface area (TPSA) is 97.4 Å². The summed E-state index contributed by atoms with van der Waals surface area (Å²) in [6, 6.07) is 9.66. The van der Waals surface area contributed by atoms with E-state index >= 15 is 0 Å². The van der Waals surface area contributed by atoms with Crippen molar-refractivity contribution in [2.45, 2.75) is 9.79 Å². The van der Waals surface area contributed by atoms with E-state index in [1.807, 2.05) is 0 Å². The number of rotatable bonds is 4. The van der Waals surface area contributed by atoms with Gasteiger partial charge in [-0.2, -0.15) is 8.42 Å². The summed E-state index contributed by atoms with van der Waals surface area (Å²) in [6.45, 7) is 0. The number of hydrogen-bond acceptors (Lipinski definition) is 3. The molecular formula is C13H11F2N2O4S2+. The number of aliphatic hydroxyl groups is 1. The van der Waals surface area contributed by atoms with Gasteiger partial charge in [0, 0.05) is 12.1 Å². The molecule has 122 valence electrons. The normalized spacial score (nSPS) is 13.6. The number of amidine groups is 1. The van der Waals surface area contributed by atoms with Gasteiger partial charge >= 0.3 is 16.2 Å². The van der Waals surface area contributed by atoms with Gasteiger partial charge < -0.3 is 5.11 Å². The summed E-state index contributed by atoms with van der Waals surface area (Å²) in [5, 5.41) is 12.2. The second-order valence-corrected chi connectivity index (χ2v) is 6.58. The highest BCUT2D eigenvalue weighted by Crippen LogP contribution is 2.15. The van der Waals surface area contributed by atoms with Gasteiger partial charge in [0.25, 0.3) is 0 Å². The maximum atomic E-state index is 12.9. The van der Waals surface area contributed by atoms with Crippen LogP contribution in [0.3, 0.4) is 0 Å². The Bertz CT molecular complexity index is 885. The Labute approximate surface area is 133 Å². The monoisotopic (exact) mass is 361 g/mol. The highest BCUT2D eigenvalue weighted by atomic mass is 32.3. The lowest BCUT2D eigenvalue weighted by molar-refractivity contribution is -0.365. The molecule has 0 radical (unpaired) electrons. The van der Waals surface area contributed by atoms with Crippen molar-refractivity contribution in [3.63, 3.8) is 0 Å². The zero-order valence-corrected chi connectivity index (χ0v) is 13.0. The molecule has 0 amide bonds. The van der Waals surface area contributed by atoms with Crippen LogP contribution in [-0.2, 0) is 21.4 Å². The molecule has 0 bridgehead atoms. The third-order valence-corrected chi connectivity index (χ3v) is 4.10. The maximum Gasteiger partial charge on any atom is 0.449 e. The molecular weight excluding hydrogens is 350 g/mol. The molecule has 0 saturated carbocycles. The summed E-state index contributed by atoms with van der Waals surface area (Å²) in [5.74, 6) is 0. The van der Waals surface area contributed by atoms with Crippen molar-refractivity contribution < 1.29 is 30.5 Å². The summed E-state index contributed by atoms with van der Waals surface area (Å²) < 4.78 is 58.0. The van der Waals surface area contributed by atoms with Crippen molar-refractivity contribution in [2.24, 2.45) is 0 Å². The number of hydrogen-bond donors (Lipinski definition) is 3. The standard InChI is InChI=1S/C13H10F2N2O4S2/c14-22(19)11-5-1-3-9(7-11)16-13(18)17-10-4-2-6-12(8-10)23(15,20)21/h1-8H,(H2,16,17,18)/p+1. The average Bonchev–Trinajstić information content (AvgIpc) is 2.46. The van der Waals surface area contributed by atoms with Crippen molar-refractivity contribution in [3.8, 4) is 0 Å². The van der Waals surface area contributed by atoms with Gasteiger partial charge in [-0.3, -0.25) is 0 Å². The van der Waals surface area contributed by atoms with Gasteiger partial charge in [0.15, 0.2) is 0 Å². The molecule has 2 aromatic rings. The first kappa shape index (κ1) is 17.0. The first-order valence-electron chi connectivity index (χ1n) is 6.08. The maximum absolute atomic E-state index is 12.9. The van der Waals surface area contributed by atoms with E-state index in [9.17, 15) is 25.5 Å². The SMILES string of the molecule is O=S(F)c1cccc(NC(O)=[NH+]c2cccc(S(=O)(=O)F)c2)c1. The molecule has 0 aliphatic carbocycles. The summed E-state index contributed by atoms with van der Waals surface area (Å²) in [6.07, 6.45) is 0. The average molecular weight is 361 g/mol. The predicted molar refractivity (Wildman–Crippen MR) is 80.6 cm³/mol. The molecule has 23 heavy (non-hydrogen) atoms. The lowest BCUT2D eigenvalue weighted by atomic mass is 10.3. The molecule has 0 aliphatic heterocycles. The molecule has 0 fully saturated rings. The van der Waals surface area contributed by atoms with Gasteiger partial charge in [-0.25, -0.2) is 14.5 Å². The molecule has 0 aromatic heterocycles. The van der Waals surface area contributed by atoms with Gasteiger partial charge in [-0.15, -0.1) is 7.77 Å². The highest BCUT2D eigenvalue weighted by Gasteiger charge is 2.14. The van der Waals surface area contributed by atoms with E-state index in [0.29, 0.717) is 0 Å². The molecule has 1 unspecified atom stereocenters. The van der Waals surface area contributed by atoms with Gasteiger partial charge in [0.05, 0.1) is 4.90 Å². The number of anilines is 1. The molecule has 3 N–H and O–H groups in total.